The van der Waals surface area contributed by atoms with Gasteiger partial charge in [0.2, 0.25) is 5.91 Å². The molecule has 0 spiro atoms. The highest BCUT2D eigenvalue weighted by molar-refractivity contribution is 7.90. The van der Waals surface area contributed by atoms with Gasteiger partial charge in [-0.2, -0.15) is 0 Å². The van der Waals surface area contributed by atoms with Gasteiger partial charge in [0.15, 0.2) is 0 Å². The fraction of sp³-hybridized carbons (Fsp3) is 0.235. The van der Waals surface area contributed by atoms with E-state index in [9.17, 15) is 13.2 Å². The summed E-state index contributed by atoms with van der Waals surface area (Å²) in [6, 6.07) is 15.1. The van der Waals surface area contributed by atoms with E-state index in [2.05, 4.69) is 4.72 Å². The lowest BCUT2D eigenvalue weighted by Gasteiger charge is -2.15. The molecule has 1 atom stereocenters. The molecule has 0 fully saturated rings. The Morgan fingerprint density at radius 1 is 1.13 bits per heavy atom. The number of rotatable bonds is 6. The number of sulfonamides is 1. The normalized spacial score (nSPS) is 12.4. The highest BCUT2D eigenvalue weighted by Gasteiger charge is 2.24. The minimum Gasteiger partial charge on any atom is -0.497 e. The minimum absolute atomic E-state index is 0.00638. The van der Waals surface area contributed by atoms with Crippen LogP contribution < -0.4 is 9.46 Å². The molecule has 1 N–H and O–H groups in total. The Hall–Kier alpha value is -2.34. The van der Waals surface area contributed by atoms with Gasteiger partial charge < -0.3 is 4.74 Å². The number of amides is 1. The predicted molar refractivity (Wildman–Crippen MR) is 87.8 cm³/mol. The van der Waals surface area contributed by atoms with Crippen molar-refractivity contribution < 1.29 is 17.9 Å². The van der Waals surface area contributed by atoms with Crippen LogP contribution in [-0.4, -0.2) is 21.4 Å². The molecule has 0 bridgehead atoms. The van der Waals surface area contributed by atoms with Gasteiger partial charge in [0.1, 0.15) is 5.75 Å². The van der Waals surface area contributed by atoms with Crippen molar-refractivity contribution in [3.05, 3.63) is 60.2 Å². The summed E-state index contributed by atoms with van der Waals surface area (Å²) in [5, 5.41) is 0. The van der Waals surface area contributed by atoms with Crippen molar-refractivity contribution >= 4 is 15.9 Å². The summed E-state index contributed by atoms with van der Waals surface area (Å²) in [5.74, 6) is -0.645. The van der Waals surface area contributed by atoms with Crippen molar-refractivity contribution in [2.75, 3.05) is 7.11 Å². The Bertz CT molecular complexity index is 772. The molecule has 1 amide bonds. The Morgan fingerprint density at radius 3 is 2.43 bits per heavy atom. The topological polar surface area (TPSA) is 72.5 Å². The number of hydrogen-bond acceptors (Lipinski definition) is 4. The van der Waals surface area contributed by atoms with Gasteiger partial charge in [-0.1, -0.05) is 43.3 Å². The molecule has 0 aliphatic heterocycles. The van der Waals surface area contributed by atoms with Gasteiger partial charge >= 0.3 is 0 Å². The lowest BCUT2D eigenvalue weighted by Crippen LogP contribution is -2.34. The van der Waals surface area contributed by atoms with E-state index in [0.29, 0.717) is 12.2 Å². The zero-order chi connectivity index (χ0) is 16.9. The summed E-state index contributed by atoms with van der Waals surface area (Å²) in [7, 11) is -2.48. The first-order valence-electron chi connectivity index (χ1n) is 7.23. The van der Waals surface area contributed by atoms with Crippen LogP contribution in [0.25, 0.3) is 0 Å². The number of carbonyl (C=O) groups is 1. The first-order valence-corrected chi connectivity index (χ1v) is 8.72. The number of nitrogens with one attached hydrogen (secondary N) is 1. The van der Waals surface area contributed by atoms with Crippen LogP contribution in [0.3, 0.4) is 0 Å². The van der Waals surface area contributed by atoms with Crippen LogP contribution in [0.4, 0.5) is 0 Å². The Morgan fingerprint density at radius 2 is 1.83 bits per heavy atom. The van der Waals surface area contributed by atoms with Crippen LogP contribution in [0.5, 0.6) is 5.75 Å². The molecule has 23 heavy (non-hydrogen) atoms. The summed E-state index contributed by atoms with van der Waals surface area (Å²) in [5.41, 5.74) is 0.786. The second-order valence-electron chi connectivity index (χ2n) is 5.02. The molecular weight excluding hydrogens is 314 g/mol. The molecule has 0 radical (unpaired) electrons. The first kappa shape index (κ1) is 17.0. The molecule has 0 heterocycles. The first-order chi connectivity index (χ1) is 11.0. The molecule has 2 aromatic rings. The SMILES string of the molecule is CC[C@@H](C(=O)NS(=O)(=O)c1cccc(OC)c1)c1ccccc1. The summed E-state index contributed by atoms with van der Waals surface area (Å²) in [4.78, 5) is 12.4. The Labute approximate surface area is 136 Å². The number of benzene rings is 2. The fourth-order valence-corrected chi connectivity index (χ4v) is 3.34. The van der Waals surface area contributed by atoms with E-state index in [0.717, 1.165) is 5.56 Å². The van der Waals surface area contributed by atoms with Gasteiger partial charge in [-0.25, -0.2) is 13.1 Å². The van der Waals surface area contributed by atoms with Crippen molar-refractivity contribution in [2.24, 2.45) is 0 Å². The van der Waals surface area contributed by atoms with Crippen LogP contribution >= 0.6 is 0 Å². The third-order valence-electron chi connectivity index (χ3n) is 3.51. The van der Waals surface area contributed by atoms with Gasteiger partial charge in [-0.15, -0.1) is 0 Å². The molecule has 0 saturated heterocycles. The van der Waals surface area contributed by atoms with E-state index < -0.39 is 21.8 Å². The van der Waals surface area contributed by atoms with Gasteiger partial charge in [-0.3, -0.25) is 4.79 Å². The molecule has 0 saturated carbocycles. The summed E-state index contributed by atoms with van der Waals surface area (Å²) >= 11 is 0. The zero-order valence-electron chi connectivity index (χ0n) is 13.0. The van der Waals surface area contributed by atoms with Gasteiger partial charge in [-0.05, 0) is 24.1 Å². The second kappa shape index (κ2) is 7.28. The largest absolute Gasteiger partial charge is 0.497 e. The average Bonchev–Trinajstić information content (AvgIpc) is 2.56. The smallest absolute Gasteiger partial charge is 0.264 e. The average molecular weight is 333 g/mol. The molecule has 0 aromatic heterocycles. The van der Waals surface area contributed by atoms with Crippen LogP contribution in [-0.2, 0) is 14.8 Å². The van der Waals surface area contributed by atoms with Crippen molar-refractivity contribution in [1.29, 1.82) is 0 Å². The van der Waals surface area contributed by atoms with Crippen LogP contribution in [0.1, 0.15) is 24.8 Å². The van der Waals surface area contributed by atoms with E-state index in [1.54, 1.807) is 12.1 Å². The van der Waals surface area contributed by atoms with E-state index in [-0.39, 0.29) is 4.90 Å². The van der Waals surface area contributed by atoms with E-state index >= 15 is 0 Å². The number of hydrogen-bond donors (Lipinski definition) is 1. The lowest BCUT2D eigenvalue weighted by molar-refractivity contribution is -0.120. The Balaban J connectivity index is 2.23. The van der Waals surface area contributed by atoms with Crippen LogP contribution in [0.15, 0.2) is 59.5 Å². The van der Waals surface area contributed by atoms with Crippen molar-refractivity contribution in [1.82, 2.24) is 4.72 Å². The standard InChI is InChI=1S/C17H19NO4S/c1-3-16(13-8-5-4-6-9-13)17(19)18-23(20,21)15-11-7-10-14(12-15)22-2/h4-12,16H,3H2,1-2H3,(H,18,19)/t16-/m1/s1. The Kier molecular flexibility index (Phi) is 5.39. The molecule has 6 heteroatoms. The number of ether oxygens (including phenoxy) is 1. The van der Waals surface area contributed by atoms with Gasteiger partial charge in [0.05, 0.1) is 17.9 Å². The molecule has 122 valence electrons. The number of carbonyl (C=O) groups excluding carboxylic acids is 1. The van der Waals surface area contributed by atoms with Crippen molar-refractivity contribution in [3.63, 3.8) is 0 Å². The highest BCUT2D eigenvalue weighted by atomic mass is 32.2. The van der Waals surface area contributed by atoms with E-state index in [1.807, 2.05) is 37.3 Å². The fourth-order valence-electron chi connectivity index (χ4n) is 2.29. The quantitative estimate of drug-likeness (QED) is 0.882. The summed E-state index contributed by atoms with van der Waals surface area (Å²) in [6.07, 6.45) is 0.503. The molecule has 5 nitrogen and oxygen atoms in total. The maximum Gasteiger partial charge on any atom is 0.264 e. The zero-order valence-corrected chi connectivity index (χ0v) is 13.8. The van der Waals surface area contributed by atoms with E-state index in [4.69, 9.17) is 4.74 Å². The highest BCUT2D eigenvalue weighted by Crippen LogP contribution is 2.21. The van der Waals surface area contributed by atoms with Crippen molar-refractivity contribution in [3.8, 4) is 5.75 Å². The number of methoxy groups -OCH3 is 1. The third-order valence-corrected chi connectivity index (χ3v) is 4.86. The molecule has 0 aliphatic rings. The lowest BCUT2D eigenvalue weighted by atomic mass is 9.96. The molecule has 0 aliphatic carbocycles. The maximum atomic E-state index is 12.4. The molecule has 2 rings (SSSR count). The molecule has 2 aromatic carbocycles. The third kappa shape index (κ3) is 4.10. The molecule has 0 unspecified atom stereocenters. The van der Waals surface area contributed by atoms with Crippen LogP contribution in [0, 0.1) is 0 Å². The van der Waals surface area contributed by atoms with E-state index in [1.165, 1.54) is 19.2 Å². The van der Waals surface area contributed by atoms with Crippen LogP contribution in [0.2, 0.25) is 0 Å². The second-order valence-corrected chi connectivity index (χ2v) is 6.70. The monoisotopic (exact) mass is 333 g/mol. The summed E-state index contributed by atoms with van der Waals surface area (Å²) < 4.78 is 31.9. The molecular formula is C17H19NO4S. The predicted octanol–water partition coefficient (Wildman–Crippen LogP) is 2.69. The van der Waals surface area contributed by atoms with Gasteiger partial charge in [0, 0.05) is 6.07 Å². The van der Waals surface area contributed by atoms with Crippen molar-refractivity contribution in [2.45, 2.75) is 24.2 Å². The summed E-state index contributed by atoms with van der Waals surface area (Å²) in [6.45, 7) is 1.84. The maximum absolute atomic E-state index is 12.4. The minimum atomic E-state index is -3.93. The van der Waals surface area contributed by atoms with Gasteiger partial charge in [0.25, 0.3) is 10.0 Å².